The summed E-state index contributed by atoms with van der Waals surface area (Å²) in [6.07, 6.45) is 0.705. The maximum atomic E-state index is 12.9. The Labute approximate surface area is 190 Å². The largest absolute Gasteiger partial charge is 0.493 e. The van der Waals surface area contributed by atoms with Gasteiger partial charge in [0.05, 0.1) is 25.2 Å². The number of halogens is 1. The Kier molecular flexibility index (Phi) is 7.81. The fourth-order valence-electron chi connectivity index (χ4n) is 3.16. The van der Waals surface area contributed by atoms with Crippen molar-refractivity contribution in [2.75, 3.05) is 27.8 Å². The standard InChI is InChI=1S/C22H24ClN3O4S/c1-24-21(28)19-13-20(27)26(22(31-19)25-16-6-4-5-15(23)12-16)10-9-14-7-8-17(29-2)18(11-14)30-3/h4-8,11-12,19H,9-10,13H2,1-3H3,(H,24,28). The van der Waals surface area contributed by atoms with E-state index < -0.39 is 5.25 Å². The number of nitrogens with zero attached hydrogens (tertiary/aromatic N) is 2. The van der Waals surface area contributed by atoms with Crippen molar-refractivity contribution in [1.29, 1.82) is 0 Å². The van der Waals surface area contributed by atoms with Crippen LogP contribution in [-0.2, 0) is 16.0 Å². The third-order valence-electron chi connectivity index (χ3n) is 4.78. The van der Waals surface area contributed by atoms with Crippen molar-refractivity contribution < 1.29 is 19.1 Å². The van der Waals surface area contributed by atoms with Gasteiger partial charge in [-0.25, -0.2) is 4.99 Å². The summed E-state index contributed by atoms with van der Waals surface area (Å²) >= 11 is 7.36. The van der Waals surface area contributed by atoms with Gasteiger partial charge in [0.1, 0.15) is 0 Å². The SMILES string of the molecule is CNC(=O)C1CC(=O)N(CCc2ccc(OC)c(OC)c2)C(=Nc2cccc(Cl)c2)S1. The average molecular weight is 462 g/mol. The summed E-state index contributed by atoms with van der Waals surface area (Å²) in [5.74, 6) is 0.935. The van der Waals surface area contributed by atoms with Crippen LogP contribution in [0.25, 0.3) is 0 Å². The van der Waals surface area contributed by atoms with E-state index in [1.54, 1.807) is 50.4 Å². The summed E-state index contributed by atoms with van der Waals surface area (Å²) in [7, 11) is 4.73. The van der Waals surface area contributed by atoms with Crippen LogP contribution in [0, 0.1) is 0 Å². The van der Waals surface area contributed by atoms with Crippen molar-refractivity contribution in [2.45, 2.75) is 18.1 Å². The number of amides is 2. The lowest BCUT2D eigenvalue weighted by Crippen LogP contribution is -2.46. The molecule has 1 unspecified atom stereocenters. The molecule has 1 N–H and O–H groups in total. The summed E-state index contributed by atoms with van der Waals surface area (Å²) < 4.78 is 10.6. The van der Waals surface area contributed by atoms with Crippen LogP contribution in [0.2, 0.25) is 5.02 Å². The van der Waals surface area contributed by atoms with Crippen LogP contribution in [0.15, 0.2) is 47.5 Å². The highest BCUT2D eigenvalue weighted by Gasteiger charge is 2.35. The number of nitrogens with one attached hydrogen (secondary N) is 1. The summed E-state index contributed by atoms with van der Waals surface area (Å²) in [6, 6.07) is 12.7. The van der Waals surface area contributed by atoms with Crippen LogP contribution >= 0.6 is 23.4 Å². The summed E-state index contributed by atoms with van der Waals surface area (Å²) in [4.78, 5) is 31.3. The summed E-state index contributed by atoms with van der Waals surface area (Å²) in [5, 5.41) is 3.12. The Morgan fingerprint density at radius 3 is 2.68 bits per heavy atom. The van der Waals surface area contributed by atoms with E-state index >= 15 is 0 Å². The first kappa shape index (κ1) is 23.0. The highest BCUT2D eigenvalue weighted by Crippen LogP contribution is 2.31. The summed E-state index contributed by atoms with van der Waals surface area (Å²) in [6.45, 7) is 0.418. The van der Waals surface area contributed by atoms with Gasteiger partial charge in [0.15, 0.2) is 16.7 Å². The van der Waals surface area contributed by atoms with Crippen molar-refractivity contribution in [3.63, 3.8) is 0 Å². The van der Waals surface area contributed by atoms with Gasteiger partial charge in [-0.2, -0.15) is 0 Å². The molecule has 164 valence electrons. The minimum atomic E-state index is -0.521. The second-order valence-electron chi connectivity index (χ2n) is 6.78. The predicted molar refractivity (Wildman–Crippen MR) is 124 cm³/mol. The number of ether oxygens (including phenoxy) is 2. The van der Waals surface area contributed by atoms with Crippen LogP contribution in [0.3, 0.4) is 0 Å². The lowest BCUT2D eigenvalue weighted by atomic mass is 10.1. The molecule has 1 aliphatic rings. The van der Waals surface area contributed by atoms with E-state index in [9.17, 15) is 9.59 Å². The average Bonchev–Trinajstić information content (AvgIpc) is 2.77. The van der Waals surface area contributed by atoms with Crippen LogP contribution in [0.4, 0.5) is 5.69 Å². The van der Waals surface area contributed by atoms with E-state index in [1.165, 1.54) is 11.8 Å². The maximum Gasteiger partial charge on any atom is 0.233 e. The topological polar surface area (TPSA) is 80.2 Å². The molecule has 2 aromatic carbocycles. The van der Waals surface area contributed by atoms with Crippen molar-refractivity contribution in [1.82, 2.24) is 10.2 Å². The Morgan fingerprint density at radius 1 is 1.23 bits per heavy atom. The number of methoxy groups -OCH3 is 2. The molecule has 1 saturated heterocycles. The molecule has 1 aliphatic heterocycles. The Bertz CT molecular complexity index is 998. The fourth-order valence-corrected chi connectivity index (χ4v) is 4.52. The summed E-state index contributed by atoms with van der Waals surface area (Å²) in [5.41, 5.74) is 1.61. The normalized spacial score (nSPS) is 17.5. The zero-order valence-electron chi connectivity index (χ0n) is 17.6. The van der Waals surface area contributed by atoms with Crippen LogP contribution in [0.1, 0.15) is 12.0 Å². The number of carbonyl (C=O) groups excluding carboxylic acids is 2. The number of rotatable bonds is 7. The van der Waals surface area contributed by atoms with Crippen molar-refractivity contribution in [3.8, 4) is 11.5 Å². The first-order valence-corrected chi connectivity index (χ1v) is 10.9. The van der Waals surface area contributed by atoms with Crippen molar-refractivity contribution in [2.24, 2.45) is 4.99 Å². The fraction of sp³-hybridized carbons (Fsp3) is 0.318. The molecule has 0 aromatic heterocycles. The second kappa shape index (κ2) is 10.5. The van der Waals surface area contributed by atoms with E-state index in [0.717, 1.165) is 5.56 Å². The van der Waals surface area contributed by atoms with Crippen molar-refractivity contribution >= 4 is 46.0 Å². The quantitative estimate of drug-likeness (QED) is 0.680. The number of hydrogen-bond acceptors (Lipinski definition) is 6. The van der Waals surface area contributed by atoms with E-state index in [0.29, 0.717) is 40.3 Å². The van der Waals surface area contributed by atoms with Gasteiger partial charge in [0, 0.05) is 25.0 Å². The molecule has 0 spiro atoms. The zero-order valence-corrected chi connectivity index (χ0v) is 19.1. The van der Waals surface area contributed by atoms with E-state index in [-0.39, 0.29) is 18.2 Å². The van der Waals surface area contributed by atoms with E-state index in [2.05, 4.69) is 10.3 Å². The minimum Gasteiger partial charge on any atom is -0.493 e. The lowest BCUT2D eigenvalue weighted by molar-refractivity contribution is -0.130. The molecule has 1 fully saturated rings. The zero-order chi connectivity index (χ0) is 22.4. The van der Waals surface area contributed by atoms with Crippen LogP contribution in [0.5, 0.6) is 11.5 Å². The molecular weight excluding hydrogens is 438 g/mol. The van der Waals surface area contributed by atoms with Crippen LogP contribution in [-0.4, -0.2) is 54.9 Å². The third-order valence-corrected chi connectivity index (χ3v) is 6.21. The molecule has 0 radical (unpaired) electrons. The Morgan fingerprint density at radius 2 is 2.00 bits per heavy atom. The molecule has 1 heterocycles. The van der Waals surface area contributed by atoms with Gasteiger partial charge in [-0.3, -0.25) is 14.5 Å². The number of carbonyl (C=O) groups is 2. The molecule has 0 bridgehead atoms. The molecule has 2 amide bonds. The molecule has 9 heteroatoms. The molecule has 0 aliphatic carbocycles. The van der Waals surface area contributed by atoms with E-state index in [1.807, 2.05) is 18.2 Å². The van der Waals surface area contributed by atoms with Gasteiger partial charge >= 0.3 is 0 Å². The first-order chi connectivity index (χ1) is 14.9. The molecule has 1 atom stereocenters. The second-order valence-corrected chi connectivity index (χ2v) is 8.39. The maximum absolute atomic E-state index is 12.9. The van der Waals surface area contributed by atoms with Crippen molar-refractivity contribution in [3.05, 3.63) is 53.1 Å². The monoisotopic (exact) mass is 461 g/mol. The van der Waals surface area contributed by atoms with Gasteiger partial charge in [0.25, 0.3) is 0 Å². The Balaban J connectivity index is 1.85. The Hall–Kier alpha value is -2.71. The molecule has 7 nitrogen and oxygen atoms in total. The molecular formula is C22H24ClN3O4S. The number of benzene rings is 2. The third kappa shape index (κ3) is 5.71. The molecule has 0 saturated carbocycles. The lowest BCUT2D eigenvalue weighted by Gasteiger charge is -2.31. The van der Waals surface area contributed by atoms with Gasteiger partial charge in [-0.1, -0.05) is 35.5 Å². The predicted octanol–water partition coefficient (Wildman–Crippen LogP) is 3.67. The smallest absolute Gasteiger partial charge is 0.233 e. The van der Waals surface area contributed by atoms with Gasteiger partial charge < -0.3 is 14.8 Å². The number of hydrogen-bond donors (Lipinski definition) is 1. The van der Waals surface area contributed by atoms with E-state index in [4.69, 9.17) is 21.1 Å². The van der Waals surface area contributed by atoms with Crippen LogP contribution < -0.4 is 14.8 Å². The molecule has 2 aromatic rings. The minimum absolute atomic E-state index is 0.116. The van der Waals surface area contributed by atoms with Gasteiger partial charge in [-0.15, -0.1) is 0 Å². The number of amidine groups is 1. The van der Waals surface area contributed by atoms with Gasteiger partial charge in [0.2, 0.25) is 11.8 Å². The number of aliphatic imine (C=N–C) groups is 1. The first-order valence-electron chi connectivity index (χ1n) is 9.69. The molecule has 31 heavy (non-hydrogen) atoms. The highest BCUT2D eigenvalue weighted by atomic mass is 35.5. The molecule has 3 rings (SSSR count). The highest BCUT2D eigenvalue weighted by molar-refractivity contribution is 8.15. The van der Waals surface area contributed by atoms with Gasteiger partial charge in [-0.05, 0) is 42.3 Å². The number of thioether (sulfide) groups is 1.